The van der Waals surface area contributed by atoms with Gasteiger partial charge in [0.15, 0.2) is 4.67 Å². The minimum atomic E-state index is -2.16. The zero-order chi connectivity index (χ0) is 16.0. The van der Waals surface area contributed by atoms with Crippen LogP contribution >= 0.6 is 27.4 Å². The Hall–Kier alpha value is -0.850. The van der Waals surface area contributed by atoms with Gasteiger partial charge in [0.2, 0.25) is 0 Å². The average molecular weight is 386 g/mol. The van der Waals surface area contributed by atoms with Gasteiger partial charge in [-0.2, -0.15) is 0 Å². The second-order valence-corrected chi connectivity index (χ2v) is 15.0. The van der Waals surface area contributed by atoms with Gasteiger partial charge < -0.3 is 17.8 Å². The zero-order valence-corrected chi connectivity index (χ0v) is 15.5. The van der Waals surface area contributed by atoms with E-state index < -0.39 is 4.67 Å². The van der Waals surface area contributed by atoms with Gasteiger partial charge in [-0.3, -0.25) is 0 Å². The van der Waals surface area contributed by atoms with Gasteiger partial charge in [0, 0.05) is 0 Å². The molecular formula is C15H15O4PS3. The Labute approximate surface area is 147 Å². The SMILES string of the molecule is S=P(OCc1ccco1)(SCc1ccco1)SCc1ccco1. The smallest absolute Gasteiger partial charge is 0.175 e. The molecule has 0 amide bonds. The molecule has 0 aliphatic carbocycles. The first kappa shape index (κ1) is 17.0. The lowest BCUT2D eigenvalue weighted by Gasteiger charge is -2.19. The molecule has 0 aromatic carbocycles. The fourth-order valence-corrected chi connectivity index (χ4v) is 8.56. The summed E-state index contributed by atoms with van der Waals surface area (Å²) < 4.78 is 20.0. The van der Waals surface area contributed by atoms with Crippen molar-refractivity contribution in [2.75, 3.05) is 0 Å². The molecule has 23 heavy (non-hydrogen) atoms. The summed E-state index contributed by atoms with van der Waals surface area (Å²) in [5.41, 5.74) is 0. The Morgan fingerprint density at radius 2 is 1.30 bits per heavy atom. The van der Waals surface area contributed by atoms with Crippen LogP contribution in [0.5, 0.6) is 0 Å². The Kier molecular flexibility index (Phi) is 6.14. The molecule has 0 radical (unpaired) electrons. The van der Waals surface area contributed by atoms with E-state index in [1.165, 1.54) is 0 Å². The lowest BCUT2D eigenvalue weighted by molar-refractivity contribution is 0.307. The Bertz CT molecular complexity index is 623. The minimum Gasteiger partial charge on any atom is -0.468 e. The molecule has 0 unspecified atom stereocenters. The third-order valence-electron chi connectivity index (χ3n) is 2.84. The van der Waals surface area contributed by atoms with Crippen molar-refractivity contribution in [3.8, 4) is 0 Å². The van der Waals surface area contributed by atoms with Crippen LogP contribution < -0.4 is 0 Å². The van der Waals surface area contributed by atoms with Crippen LogP contribution in [0, 0.1) is 0 Å². The van der Waals surface area contributed by atoms with E-state index in [1.54, 1.807) is 41.6 Å². The molecule has 3 rings (SSSR count). The number of hydrogen-bond donors (Lipinski definition) is 0. The van der Waals surface area contributed by atoms with Gasteiger partial charge in [0.25, 0.3) is 0 Å². The quantitative estimate of drug-likeness (QED) is 0.413. The van der Waals surface area contributed by atoms with Crippen LogP contribution in [0.15, 0.2) is 68.4 Å². The standard InChI is InChI=1S/C15H15O4PS3/c21-20(19-10-13-4-1-7-16-13,22-11-14-5-2-8-17-14)23-12-15-6-3-9-18-15/h1-9H,10-12H2. The second kappa shape index (κ2) is 8.31. The summed E-state index contributed by atoms with van der Waals surface area (Å²) in [6, 6.07) is 11.4. The van der Waals surface area contributed by atoms with E-state index in [9.17, 15) is 0 Å². The van der Waals surface area contributed by atoms with Crippen molar-refractivity contribution in [2.45, 2.75) is 18.1 Å². The van der Waals surface area contributed by atoms with Crippen molar-refractivity contribution in [1.29, 1.82) is 0 Å². The first-order valence-corrected chi connectivity index (χ1v) is 12.7. The van der Waals surface area contributed by atoms with Crippen LogP contribution in [0.25, 0.3) is 0 Å². The van der Waals surface area contributed by atoms with E-state index in [0.29, 0.717) is 18.1 Å². The summed E-state index contributed by atoms with van der Waals surface area (Å²) in [4.78, 5) is 0. The lowest BCUT2D eigenvalue weighted by atomic mass is 10.5. The first-order chi connectivity index (χ1) is 11.2. The third-order valence-corrected chi connectivity index (χ3v) is 12.2. The molecule has 3 aromatic heterocycles. The summed E-state index contributed by atoms with van der Waals surface area (Å²) in [6.07, 6.45) is 4.96. The van der Waals surface area contributed by atoms with E-state index in [4.69, 9.17) is 29.6 Å². The van der Waals surface area contributed by atoms with Crippen LogP contribution in [0.3, 0.4) is 0 Å². The van der Waals surface area contributed by atoms with E-state index in [2.05, 4.69) is 0 Å². The van der Waals surface area contributed by atoms with Gasteiger partial charge >= 0.3 is 0 Å². The van der Waals surface area contributed by atoms with E-state index >= 15 is 0 Å². The molecular weight excluding hydrogens is 371 g/mol. The highest BCUT2D eigenvalue weighted by Gasteiger charge is 2.22. The molecule has 0 N–H and O–H groups in total. The van der Waals surface area contributed by atoms with Crippen LogP contribution in [0.2, 0.25) is 0 Å². The molecule has 0 saturated heterocycles. The van der Waals surface area contributed by atoms with Gasteiger partial charge in [-0.1, -0.05) is 22.8 Å². The van der Waals surface area contributed by atoms with Crippen molar-refractivity contribution >= 4 is 39.2 Å². The second-order valence-electron chi connectivity index (χ2n) is 4.51. The molecule has 3 aromatic rings. The number of hydrogen-bond acceptors (Lipinski definition) is 7. The first-order valence-electron chi connectivity index (χ1n) is 6.84. The third kappa shape index (κ3) is 5.33. The fraction of sp³-hybridized carbons (Fsp3) is 0.200. The van der Waals surface area contributed by atoms with Crippen molar-refractivity contribution in [3.63, 3.8) is 0 Å². The normalized spacial score (nSPS) is 11.8. The average Bonchev–Trinajstić information content (AvgIpc) is 3.33. The van der Waals surface area contributed by atoms with Crippen LogP contribution in [-0.2, 0) is 34.4 Å². The van der Waals surface area contributed by atoms with Crippen molar-refractivity contribution < 1.29 is 17.8 Å². The molecule has 0 aliphatic heterocycles. The maximum Gasteiger partial charge on any atom is 0.175 e. The van der Waals surface area contributed by atoms with E-state index in [0.717, 1.165) is 17.3 Å². The fourth-order valence-electron chi connectivity index (χ4n) is 1.72. The topological polar surface area (TPSA) is 48.7 Å². The molecule has 0 saturated carbocycles. The lowest BCUT2D eigenvalue weighted by Crippen LogP contribution is -1.87. The summed E-state index contributed by atoms with van der Waals surface area (Å²) in [6.45, 7) is 0.376. The number of rotatable bonds is 9. The minimum absolute atomic E-state index is 0.376. The molecule has 0 fully saturated rings. The van der Waals surface area contributed by atoms with E-state index in [-0.39, 0.29) is 0 Å². The van der Waals surface area contributed by atoms with E-state index in [1.807, 2.05) is 36.4 Å². The van der Waals surface area contributed by atoms with Crippen molar-refractivity contribution in [2.24, 2.45) is 0 Å². The maximum absolute atomic E-state index is 6.05. The monoisotopic (exact) mass is 386 g/mol. The van der Waals surface area contributed by atoms with Crippen molar-refractivity contribution in [1.82, 2.24) is 0 Å². The molecule has 0 aliphatic rings. The van der Waals surface area contributed by atoms with Gasteiger partial charge in [0.1, 0.15) is 23.9 Å². The molecule has 4 nitrogen and oxygen atoms in total. The van der Waals surface area contributed by atoms with Crippen LogP contribution in [-0.4, -0.2) is 0 Å². The molecule has 0 bridgehead atoms. The van der Waals surface area contributed by atoms with Gasteiger partial charge in [-0.15, -0.1) is 0 Å². The largest absolute Gasteiger partial charge is 0.468 e. The Morgan fingerprint density at radius 1 is 0.826 bits per heavy atom. The van der Waals surface area contributed by atoms with Crippen LogP contribution in [0.1, 0.15) is 17.3 Å². The summed E-state index contributed by atoms with van der Waals surface area (Å²) in [7, 11) is 0. The summed E-state index contributed by atoms with van der Waals surface area (Å²) in [5, 5.41) is 0. The molecule has 8 heteroatoms. The Morgan fingerprint density at radius 3 is 1.74 bits per heavy atom. The molecule has 3 heterocycles. The van der Waals surface area contributed by atoms with Gasteiger partial charge in [-0.25, -0.2) is 0 Å². The molecule has 0 spiro atoms. The molecule has 122 valence electrons. The Balaban J connectivity index is 1.61. The zero-order valence-electron chi connectivity index (χ0n) is 12.1. The highest BCUT2D eigenvalue weighted by atomic mass is 33.2. The highest BCUT2D eigenvalue weighted by molar-refractivity contribution is 8.98. The maximum atomic E-state index is 6.05. The van der Waals surface area contributed by atoms with Crippen molar-refractivity contribution in [3.05, 3.63) is 72.5 Å². The summed E-state index contributed by atoms with van der Waals surface area (Å²) >= 11 is 9.04. The van der Waals surface area contributed by atoms with Gasteiger partial charge in [0.05, 0.1) is 30.3 Å². The summed E-state index contributed by atoms with van der Waals surface area (Å²) in [5.74, 6) is 3.94. The van der Waals surface area contributed by atoms with Crippen LogP contribution in [0.4, 0.5) is 0 Å². The predicted octanol–water partition coefficient (Wildman–Crippen LogP) is 6.07. The highest BCUT2D eigenvalue weighted by Crippen LogP contribution is 2.72. The molecule has 0 atom stereocenters. The predicted molar refractivity (Wildman–Crippen MR) is 97.8 cm³/mol. The van der Waals surface area contributed by atoms with Gasteiger partial charge in [-0.05, 0) is 48.2 Å². The number of furan rings is 3.